The summed E-state index contributed by atoms with van der Waals surface area (Å²) in [7, 11) is 0. The lowest BCUT2D eigenvalue weighted by atomic mass is 10.0. The van der Waals surface area contributed by atoms with Crippen LogP contribution in [0.5, 0.6) is 0 Å². The van der Waals surface area contributed by atoms with Crippen molar-refractivity contribution < 1.29 is 24.5 Å². The quantitative estimate of drug-likeness (QED) is 0.0370. The summed E-state index contributed by atoms with van der Waals surface area (Å²) in [5.41, 5.74) is 0. The van der Waals surface area contributed by atoms with E-state index < -0.39 is 6.29 Å². The fourth-order valence-electron chi connectivity index (χ4n) is 7.23. The Hall–Kier alpha value is -0.690. The largest absolute Gasteiger partial charge is 0.463 e. The number of unbranched alkanes of at least 4 members (excludes halogenated alkanes) is 23. The zero-order valence-electron chi connectivity index (χ0n) is 35.0. The Morgan fingerprint density at radius 3 is 1.37 bits per heavy atom. The Balaban J connectivity index is 3.99. The van der Waals surface area contributed by atoms with E-state index in [1.165, 1.54) is 128 Å². The minimum Gasteiger partial charge on any atom is -0.463 e. The highest BCUT2D eigenvalue weighted by atomic mass is 16.6. The van der Waals surface area contributed by atoms with E-state index in [4.69, 9.17) is 9.47 Å². The maximum absolute atomic E-state index is 12.2. The molecule has 0 rings (SSSR count). The van der Waals surface area contributed by atoms with Gasteiger partial charge in [0.05, 0.1) is 18.8 Å². The van der Waals surface area contributed by atoms with Crippen LogP contribution in [0.4, 0.5) is 0 Å². The molecule has 0 aromatic rings. The smallest absolute Gasteiger partial charge is 0.306 e. The zero-order chi connectivity index (χ0) is 37.5. The number of hydrogen-bond donors (Lipinski definition) is 2. The summed E-state index contributed by atoms with van der Waals surface area (Å²) >= 11 is 0. The molecular formula is C45H91NO5. The van der Waals surface area contributed by atoms with Gasteiger partial charge in [-0.3, -0.25) is 4.79 Å². The molecule has 0 amide bonds. The van der Waals surface area contributed by atoms with E-state index >= 15 is 0 Å². The summed E-state index contributed by atoms with van der Waals surface area (Å²) in [4.78, 5) is 14.6. The molecule has 0 aromatic carbocycles. The molecule has 0 aliphatic heterocycles. The summed E-state index contributed by atoms with van der Waals surface area (Å²) in [5, 5.41) is 20.2. The van der Waals surface area contributed by atoms with E-state index in [1.807, 2.05) is 6.92 Å². The average molecular weight is 726 g/mol. The molecule has 2 atom stereocenters. The van der Waals surface area contributed by atoms with Crippen molar-refractivity contribution in [3.63, 3.8) is 0 Å². The fraction of sp³-hybridized carbons (Fsp3) is 0.978. The van der Waals surface area contributed by atoms with Gasteiger partial charge in [0.2, 0.25) is 0 Å². The second-order valence-corrected chi connectivity index (χ2v) is 15.8. The van der Waals surface area contributed by atoms with E-state index in [0.717, 1.165) is 96.7 Å². The highest BCUT2D eigenvalue weighted by Gasteiger charge is 2.15. The summed E-state index contributed by atoms with van der Waals surface area (Å²) in [6.07, 6.45) is 38.6. The maximum atomic E-state index is 12.2. The molecule has 0 saturated carbocycles. The SMILES string of the molecule is CCCCCCCCC(C)OC(=O)CCCCCCCN(CCO)CCCCCCCC(O)OC(CCCCCCCC)CCCCCCCC. The molecule has 306 valence electrons. The van der Waals surface area contributed by atoms with Crippen molar-refractivity contribution in [3.05, 3.63) is 0 Å². The van der Waals surface area contributed by atoms with Crippen molar-refractivity contribution in [1.82, 2.24) is 4.90 Å². The van der Waals surface area contributed by atoms with Crippen molar-refractivity contribution in [2.75, 3.05) is 26.2 Å². The summed E-state index contributed by atoms with van der Waals surface area (Å²) in [6.45, 7) is 11.9. The number of ether oxygens (including phenoxy) is 2. The summed E-state index contributed by atoms with van der Waals surface area (Å²) in [5.74, 6) is -0.0293. The van der Waals surface area contributed by atoms with Crippen LogP contribution in [0.25, 0.3) is 0 Å². The van der Waals surface area contributed by atoms with Gasteiger partial charge in [-0.25, -0.2) is 0 Å². The molecule has 6 nitrogen and oxygen atoms in total. The number of aliphatic hydroxyl groups excluding tert-OH is 2. The van der Waals surface area contributed by atoms with Crippen molar-refractivity contribution >= 4 is 5.97 Å². The first kappa shape index (κ1) is 50.3. The number of esters is 1. The molecule has 0 saturated heterocycles. The van der Waals surface area contributed by atoms with Gasteiger partial charge in [0.15, 0.2) is 6.29 Å². The predicted molar refractivity (Wildman–Crippen MR) is 219 cm³/mol. The second-order valence-electron chi connectivity index (χ2n) is 15.8. The lowest BCUT2D eigenvalue weighted by Gasteiger charge is -2.22. The molecule has 0 spiro atoms. The third-order valence-electron chi connectivity index (χ3n) is 10.6. The second kappa shape index (κ2) is 40.5. The topological polar surface area (TPSA) is 79.2 Å². The fourth-order valence-corrected chi connectivity index (χ4v) is 7.23. The van der Waals surface area contributed by atoms with E-state index in [-0.39, 0.29) is 24.8 Å². The number of aliphatic hydroxyl groups is 2. The Morgan fingerprint density at radius 1 is 0.510 bits per heavy atom. The first-order valence-corrected chi connectivity index (χ1v) is 22.8. The molecule has 0 bridgehead atoms. The third-order valence-corrected chi connectivity index (χ3v) is 10.6. The summed E-state index contributed by atoms with van der Waals surface area (Å²) < 4.78 is 11.8. The van der Waals surface area contributed by atoms with E-state index in [9.17, 15) is 15.0 Å². The Bertz CT molecular complexity index is 676. The van der Waals surface area contributed by atoms with Crippen LogP contribution in [0.1, 0.15) is 240 Å². The molecule has 0 radical (unpaired) electrons. The predicted octanol–water partition coefficient (Wildman–Crippen LogP) is 12.8. The van der Waals surface area contributed by atoms with Gasteiger partial charge >= 0.3 is 5.97 Å². The van der Waals surface area contributed by atoms with E-state index in [0.29, 0.717) is 6.42 Å². The molecule has 0 heterocycles. The standard InChI is InChI=1S/C45H91NO5/c1-5-8-11-14-19-26-33-42(4)50-44(48)36-29-22-17-24-31-38-46(40-41-47)39-32-25-18-23-30-37-45(49)51-43(34-27-20-15-12-9-6-2)35-28-21-16-13-10-7-3/h42-43,45,47,49H,5-41H2,1-4H3. The van der Waals surface area contributed by atoms with Crippen molar-refractivity contribution in [2.45, 2.75) is 258 Å². The zero-order valence-corrected chi connectivity index (χ0v) is 35.0. The van der Waals surface area contributed by atoms with Crippen molar-refractivity contribution in [3.8, 4) is 0 Å². The average Bonchev–Trinajstić information content (AvgIpc) is 3.11. The molecule has 2 N–H and O–H groups in total. The Kier molecular flexibility index (Phi) is 39.9. The highest BCUT2D eigenvalue weighted by Crippen LogP contribution is 2.20. The number of hydrogen-bond acceptors (Lipinski definition) is 6. The lowest BCUT2D eigenvalue weighted by molar-refractivity contribution is -0.148. The first-order chi connectivity index (χ1) is 25.0. The molecule has 2 unspecified atom stereocenters. The van der Waals surface area contributed by atoms with Gasteiger partial charge in [0, 0.05) is 13.0 Å². The van der Waals surface area contributed by atoms with Crippen LogP contribution in [-0.4, -0.2) is 65.8 Å². The van der Waals surface area contributed by atoms with Gasteiger partial charge < -0.3 is 24.6 Å². The van der Waals surface area contributed by atoms with Crippen molar-refractivity contribution in [2.24, 2.45) is 0 Å². The molecule has 0 aliphatic carbocycles. The summed E-state index contributed by atoms with van der Waals surface area (Å²) in [6, 6.07) is 0. The van der Waals surface area contributed by atoms with Crippen LogP contribution in [0.15, 0.2) is 0 Å². The van der Waals surface area contributed by atoms with Crippen LogP contribution in [0, 0.1) is 0 Å². The highest BCUT2D eigenvalue weighted by molar-refractivity contribution is 5.69. The maximum Gasteiger partial charge on any atom is 0.306 e. The first-order valence-electron chi connectivity index (χ1n) is 22.8. The molecular weight excluding hydrogens is 634 g/mol. The number of carbonyl (C=O) groups excluding carboxylic acids is 1. The van der Waals surface area contributed by atoms with Crippen molar-refractivity contribution in [1.29, 1.82) is 0 Å². The number of nitrogens with zero attached hydrogens (tertiary/aromatic N) is 1. The molecule has 0 aliphatic rings. The van der Waals surface area contributed by atoms with Crippen LogP contribution in [-0.2, 0) is 14.3 Å². The monoisotopic (exact) mass is 726 g/mol. The number of rotatable bonds is 42. The molecule has 0 fully saturated rings. The van der Waals surface area contributed by atoms with Gasteiger partial charge in [0.25, 0.3) is 0 Å². The van der Waals surface area contributed by atoms with Gasteiger partial charge in [-0.2, -0.15) is 0 Å². The minimum absolute atomic E-state index is 0.0293. The van der Waals surface area contributed by atoms with Crippen LogP contribution in [0.2, 0.25) is 0 Å². The van der Waals surface area contributed by atoms with Crippen LogP contribution < -0.4 is 0 Å². The third kappa shape index (κ3) is 37.4. The Morgan fingerprint density at radius 2 is 0.902 bits per heavy atom. The van der Waals surface area contributed by atoms with Crippen LogP contribution in [0.3, 0.4) is 0 Å². The number of carbonyl (C=O) groups is 1. The Labute approximate surface area is 319 Å². The van der Waals surface area contributed by atoms with Gasteiger partial charge in [-0.15, -0.1) is 0 Å². The lowest BCUT2D eigenvalue weighted by Crippen LogP contribution is -2.29. The normalized spacial score (nSPS) is 13.0. The molecule has 51 heavy (non-hydrogen) atoms. The van der Waals surface area contributed by atoms with E-state index in [1.54, 1.807) is 0 Å². The van der Waals surface area contributed by atoms with Gasteiger partial charge in [0.1, 0.15) is 0 Å². The van der Waals surface area contributed by atoms with E-state index in [2.05, 4.69) is 25.7 Å². The van der Waals surface area contributed by atoms with Gasteiger partial charge in [-0.05, 0) is 77.8 Å². The van der Waals surface area contributed by atoms with Crippen LogP contribution >= 0.6 is 0 Å². The van der Waals surface area contributed by atoms with Gasteiger partial charge in [-0.1, -0.05) is 168 Å². The molecule has 6 heteroatoms. The molecule has 0 aromatic heterocycles. The minimum atomic E-state index is -0.618.